The molecule has 0 spiro atoms. The van der Waals surface area contributed by atoms with Gasteiger partial charge in [0.1, 0.15) is 41.4 Å². The Morgan fingerprint density at radius 2 is 1.73 bits per heavy atom. The summed E-state index contributed by atoms with van der Waals surface area (Å²) >= 11 is 0. The number of alkyl halides is 1. The van der Waals surface area contributed by atoms with Gasteiger partial charge in [0.05, 0.1) is 6.20 Å². The molecule has 0 radical (unpaired) electrons. The van der Waals surface area contributed by atoms with Crippen LogP contribution in [0.1, 0.15) is 11.1 Å². The second kappa shape index (κ2) is 7.86. The van der Waals surface area contributed by atoms with Crippen LogP contribution in [-0.4, -0.2) is 4.98 Å². The summed E-state index contributed by atoms with van der Waals surface area (Å²) in [5.74, 6) is -1.15. The van der Waals surface area contributed by atoms with Gasteiger partial charge in [-0.25, -0.2) is 22.5 Å². The lowest BCUT2D eigenvalue weighted by Gasteiger charge is -2.11. The number of halogens is 4. The Hall–Kier alpha value is -3.09. The van der Waals surface area contributed by atoms with Gasteiger partial charge in [-0.3, -0.25) is 0 Å². The highest BCUT2D eigenvalue weighted by Crippen LogP contribution is 2.27. The molecule has 1 N–H and O–H groups in total. The van der Waals surface area contributed by atoms with E-state index >= 15 is 0 Å². The molecule has 3 rings (SSSR count). The molecule has 134 valence electrons. The predicted molar refractivity (Wildman–Crippen MR) is 89.2 cm³/mol. The monoisotopic (exact) mass is 362 g/mol. The molecule has 7 heteroatoms. The number of hydrogen-bond donors (Lipinski definition) is 1. The third kappa shape index (κ3) is 4.11. The fourth-order valence-corrected chi connectivity index (χ4v) is 2.29. The minimum atomic E-state index is -0.795. The number of anilines is 1. The van der Waals surface area contributed by atoms with E-state index in [4.69, 9.17) is 4.74 Å². The molecule has 0 aliphatic rings. The summed E-state index contributed by atoms with van der Waals surface area (Å²) in [4.78, 5) is 4.06. The third-order valence-corrected chi connectivity index (χ3v) is 3.65. The van der Waals surface area contributed by atoms with Crippen LogP contribution in [0.15, 0.2) is 54.7 Å². The number of aromatic nitrogens is 1. The van der Waals surface area contributed by atoms with Crippen LogP contribution in [0.2, 0.25) is 0 Å². The summed E-state index contributed by atoms with van der Waals surface area (Å²) in [6.45, 7) is -0.876. The molecule has 0 saturated heterocycles. The number of ether oxygens (including phenoxy) is 1. The number of hydrogen-bond acceptors (Lipinski definition) is 3. The van der Waals surface area contributed by atoms with Crippen molar-refractivity contribution in [1.82, 2.24) is 4.98 Å². The Morgan fingerprint density at radius 3 is 2.38 bits per heavy atom. The number of nitrogens with zero attached hydrogens (tertiary/aromatic N) is 1. The summed E-state index contributed by atoms with van der Waals surface area (Å²) in [6, 6.07) is 10.2. The zero-order valence-corrected chi connectivity index (χ0v) is 13.5. The summed E-state index contributed by atoms with van der Waals surface area (Å²) in [5, 5.41) is 2.80. The molecule has 3 nitrogen and oxygen atoms in total. The molecule has 0 bridgehead atoms. The lowest BCUT2D eigenvalue weighted by Crippen LogP contribution is -2.05. The summed E-state index contributed by atoms with van der Waals surface area (Å²) < 4.78 is 58.8. The van der Waals surface area contributed by atoms with Gasteiger partial charge in [-0.2, -0.15) is 0 Å². The zero-order valence-electron chi connectivity index (χ0n) is 13.5. The van der Waals surface area contributed by atoms with E-state index < -0.39 is 24.1 Å². The minimum absolute atomic E-state index is 0.0587. The fraction of sp³-hybridized carbons (Fsp3) is 0.105. The van der Waals surface area contributed by atoms with Crippen LogP contribution >= 0.6 is 0 Å². The van der Waals surface area contributed by atoms with Crippen LogP contribution < -0.4 is 10.1 Å². The molecule has 1 aromatic heterocycles. The average molecular weight is 362 g/mol. The van der Waals surface area contributed by atoms with Crippen molar-refractivity contribution in [3.63, 3.8) is 0 Å². The van der Waals surface area contributed by atoms with E-state index in [1.54, 1.807) is 0 Å². The average Bonchev–Trinajstić information content (AvgIpc) is 2.63. The van der Waals surface area contributed by atoms with E-state index in [9.17, 15) is 17.6 Å². The Labute approximate surface area is 147 Å². The highest BCUT2D eigenvalue weighted by atomic mass is 19.1. The Balaban J connectivity index is 1.68. The molecular weight excluding hydrogens is 348 g/mol. The van der Waals surface area contributed by atoms with Crippen LogP contribution in [0, 0.1) is 17.5 Å². The van der Waals surface area contributed by atoms with Gasteiger partial charge in [-0.05, 0) is 36.4 Å². The lowest BCUT2D eigenvalue weighted by atomic mass is 10.2. The number of benzene rings is 2. The highest BCUT2D eigenvalue weighted by Gasteiger charge is 2.09. The molecular formula is C19H14F4N2O. The maximum absolute atomic E-state index is 13.6. The molecule has 0 aliphatic carbocycles. The van der Waals surface area contributed by atoms with E-state index in [0.29, 0.717) is 5.82 Å². The summed E-state index contributed by atoms with van der Waals surface area (Å²) in [5.41, 5.74) is 0.116. The van der Waals surface area contributed by atoms with Gasteiger partial charge < -0.3 is 10.1 Å². The molecule has 1 heterocycles. The smallest absolute Gasteiger partial charge is 0.145 e. The SMILES string of the molecule is FCc1ccc(F)cc1Oc1ccc(NCc2c(F)cccc2F)nc1. The molecule has 0 fully saturated rings. The Morgan fingerprint density at radius 1 is 0.962 bits per heavy atom. The standard InChI is InChI=1S/C19H14F4N2O/c20-9-12-4-5-13(21)8-18(12)26-14-6-7-19(24-10-14)25-11-15-16(22)2-1-3-17(15)23/h1-8,10H,9,11H2,(H,24,25). The maximum atomic E-state index is 13.6. The Kier molecular flexibility index (Phi) is 5.36. The van der Waals surface area contributed by atoms with Gasteiger partial charge >= 0.3 is 0 Å². The first kappa shape index (κ1) is 17.7. The molecule has 0 saturated carbocycles. The molecule has 0 amide bonds. The van der Waals surface area contributed by atoms with Gasteiger partial charge in [-0.1, -0.05) is 6.07 Å². The van der Waals surface area contributed by atoms with Crippen LogP contribution in [0.3, 0.4) is 0 Å². The van der Waals surface area contributed by atoms with Crippen molar-refractivity contribution in [1.29, 1.82) is 0 Å². The molecule has 0 aliphatic heterocycles. The Bertz CT molecular complexity index is 880. The van der Waals surface area contributed by atoms with Crippen molar-refractivity contribution in [2.24, 2.45) is 0 Å². The zero-order chi connectivity index (χ0) is 18.5. The van der Waals surface area contributed by atoms with Gasteiger partial charge in [0, 0.05) is 23.7 Å². The van der Waals surface area contributed by atoms with Crippen molar-refractivity contribution in [3.8, 4) is 11.5 Å². The van der Waals surface area contributed by atoms with E-state index in [2.05, 4.69) is 10.3 Å². The first-order chi connectivity index (χ1) is 12.6. The molecule has 2 aromatic carbocycles. The molecule has 0 unspecified atom stereocenters. The minimum Gasteiger partial charge on any atom is -0.455 e. The van der Waals surface area contributed by atoms with E-state index in [-0.39, 0.29) is 29.2 Å². The van der Waals surface area contributed by atoms with Crippen molar-refractivity contribution in [2.45, 2.75) is 13.2 Å². The largest absolute Gasteiger partial charge is 0.455 e. The topological polar surface area (TPSA) is 34.1 Å². The van der Waals surface area contributed by atoms with Crippen molar-refractivity contribution < 1.29 is 22.3 Å². The van der Waals surface area contributed by atoms with Gasteiger partial charge in [-0.15, -0.1) is 0 Å². The maximum Gasteiger partial charge on any atom is 0.145 e. The summed E-state index contributed by atoms with van der Waals surface area (Å²) in [7, 11) is 0. The first-order valence-corrected chi connectivity index (χ1v) is 7.72. The molecule has 26 heavy (non-hydrogen) atoms. The second-order valence-electron chi connectivity index (χ2n) is 5.42. The first-order valence-electron chi connectivity index (χ1n) is 7.72. The number of pyridine rings is 1. The number of nitrogens with one attached hydrogen (secondary N) is 1. The van der Waals surface area contributed by atoms with Gasteiger partial charge in [0.25, 0.3) is 0 Å². The van der Waals surface area contributed by atoms with Gasteiger partial charge in [0.2, 0.25) is 0 Å². The third-order valence-electron chi connectivity index (χ3n) is 3.65. The van der Waals surface area contributed by atoms with E-state index in [0.717, 1.165) is 12.1 Å². The van der Waals surface area contributed by atoms with Crippen molar-refractivity contribution in [3.05, 3.63) is 83.3 Å². The lowest BCUT2D eigenvalue weighted by molar-refractivity contribution is 0.434. The van der Waals surface area contributed by atoms with E-state index in [1.807, 2.05) is 0 Å². The van der Waals surface area contributed by atoms with Crippen LogP contribution in [0.25, 0.3) is 0 Å². The fourth-order valence-electron chi connectivity index (χ4n) is 2.29. The predicted octanol–water partition coefficient (Wildman–Crippen LogP) is 5.37. The van der Waals surface area contributed by atoms with Crippen LogP contribution in [-0.2, 0) is 13.2 Å². The highest BCUT2D eigenvalue weighted by molar-refractivity contribution is 5.42. The van der Waals surface area contributed by atoms with Crippen LogP contribution in [0.4, 0.5) is 23.4 Å². The van der Waals surface area contributed by atoms with Crippen LogP contribution in [0.5, 0.6) is 11.5 Å². The van der Waals surface area contributed by atoms with Crippen molar-refractivity contribution >= 4 is 5.82 Å². The second-order valence-corrected chi connectivity index (χ2v) is 5.42. The normalized spacial score (nSPS) is 10.6. The van der Waals surface area contributed by atoms with Gasteiger partial charge in [0.15, 0.2) is 0 Å². The quantitative estimate of drug-likeness (QED) is 0.599. The molecule has 3 aromatic rings. The number of rotatable bonds is 6. The molecule has 0 atom stereocenters. The summed E-state index contributed by atoms with van der Waals surface area (Å²) in [6.07, 6.45) is 1.34. The van der Waals surface area contributed by atoms with E-state index in [1.165, 1.54) is 42.6 Å². The van der Waals surface area contributed by atoms with Crippen molar-refractivity contribution in [2.75, 3.05) is 5.32 Å².